The molecule has 6 heteroatoms. The number of carbonyl (C=O) groups excluding carboxylic acids is 1. The topological polar surface area (TPSA) is 59.6 Å². The molecular formula is C27H25BrN2O3. The van der Waals surface area contributed by atoms with E-state index in [-0.39, 0.29) is 17.7 Å². The molecule has 2 aliphatic rings. The van der Waals surface area contributed by atoms with Crippen molar-refractivity contribution >= 4 is 33.1 Å². The molecule has 1 heterocycles. The Morgan fingerprint density at radius 1 is 0.909 bits per heavy atom. The number of methoxy groups -OCH3 is 2. The fourth-order valence-electron chi connectivity index (χ4n) is 4.77. The van der Waals surface area contributed by atoms with Crippen molar-refractivity contribution in [2.45, 2.75) is 24.8 Å². The number of halogens is 1. The first-order valence-electron chi connectivity index (χ1n) is 10.9. The van der Waals surface area contributed by atoms with Crippen LogP contribution in [0.5, 0.6) is 11.5 Å². The number of benzene rings is 3. The molecule has 0 bridgehead atoms. The maximum atomic E-state index is 13.7. The number of ketones is 1. The largest absolute Gasteiger partial charge is 0.497 e. The lowest BCUT2D eigenvalue weighted by atomic mass is 9.78. The first kappa shape index (κ1) is 21.6. The summed E-state index contributed by atoms with van der Waals surface area (Å²) < 4.78 is 11.9. The van der Waals surface area contributed by atoms with Crippen molar-refractivity contribution in [2.75, 3.05) is 24.9 Å². The molecule has 0 saturated carbocycles. The van der Waals surface area contributed by atoms with Crippen LogP contribution in [0.15, 0.2) is 82.5 Å². The lowest BCUT2D eigenvalue weighted by molar-refractivity contribution is -0.116. The van der Waals surface area contributed by atoms with E-state index < -0.39 is 0 Å². The molecule has 33 heavy (non-hydrogen) atoms. The Kier molecular flexibility index (Phi) is 5.85. The number of Topliss-reactive ketones (excluding diaryl/α,β-unsaturated/α-hetero) is 1. The van der Waals surface area contributed by atoms with Crippen LogP contribution >= 0.6 is 15.9 Å². The standard InChI is InChI=1S/C27H25BrN2O3/c1-32-19-10-7-16(8-11-19)17-13-23-26(24(31)14-17)27(20-15-18(28)9-12-25(20)33-2)30-22-6-4-3-5-21(22)29-23/h3-12,15,17,27,29-30H,13-14H2,1-2H3/t17-,27-/m1/s1. The zero-order valence-corrected chi connectivity index (χ0v) is 20.1. The normalized spacial score (nSPS) is 19.5. The van der Waals surface area contributed by atoms with Gasteiger partial charge in [-0.15, -0.1) is 0 Å². The highest BCUT2D eigenvalue weighted by Crippen LogP contribution is 2.46. The van der Waals surface area contributed by atoms with Crippen LogP contribution in [-0.4, -0.2) is 20.0 Å². The Labute approximate surface area is 201 Å². The van der Waals surface area contributed by atoms with E-state index in [9.17, 15) is 4.79 Å². The van der Waals surface area contributed by atoms with Gasteiger partial charge in [0.15, 0.2) is 5.78 Å². The Hall–Kier alpha value is -3.25. The van der Waals surface area contributed by atoms with Gasteiger partial charge in [0.25, 0.3) is 0 Å². The van der Waals surface area contributed by atoms with Gasteiger partial charge in [0, 0.05) is 27.7 Å². The number of para-hydroxylation sites is 2. The van der Waals surface area contributed by atoms with Crippen LogP contribution in [0.3, 0.4) is 0 Å². The van der Waals surface area contributed by atoms with Crippen molar-refractivity contribution in [3.05, 3.63) is 93.6 Å². The number of carbonyl (C=O) groups is 1. The third kappa shape index (κ3) is 4.11. The first-order chi connectivity index (χ1) is 16.1. The lowest BCUT2D eigenvalue weighted by Crippen LogP contribution is -2.27. The molecule has 5 nitrogen and oxygen atoms in total. The second-order valence-corrected chi connectivity index (χ2v) is 9.24. The van der Waals surface area contributed by atoms with E-state index in [0.29, 0.717) is 6.42 Å². The molecule has 1 aliphatic carbocycles. The van der Waals surface area contributed by atoms with Gasteiger partial charge in [0.2, 0.25) is 0 Å². The highest BCUT2D eigenvalue weighted by molar-refractivity contribution is 9.10. The van der Waals surface area contributed by atoms with Crippen LogP contribution in [0.25, 0.3) is 0 Å². The summed E-state index contributed by atoms with van der Waals surface area (Å²) in [5, 5.41) is 7.20. The lowest BCUT2D eigenvalue weighted by Gasteiger charge is -2.30. The molecular weight excluding hydrogens is 480 g/mol. The smallest absolute Gasteiger partial charge is 0.163 e. The van der Waals surface area contributed by atoms with Gasteiger partial charge in [0.05, 0.1) is 31.6 Å². The molecule has 1 aliphatic heterocycles. The Bertz CT molecular complexity index is 1240. The minimum atomic E-state index is -0.326. The second kappa shape index (κ2) is 8.94. The Balaban J connectivity index is 1.61. The van der Waals surface area contributed by atoms with E-state index in [0.717, 1.165) is 56.2 Å². The van der Waals surface area contributed by atoms with Gasteiger partial charge in [-0.05, 0) is 60.4 Å². The summed E-state index contributed by atoms with van der Waals surface area (Å²) in [4.78, 5) is 13.7. The van der Waals surface area contributed by atoms with Gasteiger partial charge in [0.1, 0.15) is 11.5 Å². The number of nitrogens with one attached hydrogen (secondary N) is 2. The molecule has 5 rings (SSSR count). The highest BCUT2D eigenvalue weighted by Gasteiger charge is 2.37. The Morgan fingerprint density at radius 2 is 1.67 bits per heavy atom. The van der Waals surface area contributed by atoms with Crippen molar-refractivity contribution in [2.24, 2.45) is 0 Å². The highest BCUT2D eigenvalue weighted by atomic mass is 79.9. The third-order valence-corrected chi connectivity index (χ3v) is 6.89. The first-order valence-corrected chi connectivity index (χ1v) is 11.7. The number of ether oxygens (including phenoxy) is 2. The van der Waals surface area contributed by atoms with E-state index in [4.69, 9.17) is 9.47 Å². The van der Waals surface area contributed by atoms with Crippen LogP contribution in [0.4, 0.5) is 11.4 Å². The van der Waals surface area contributed by atoms with E-state index >= 15 is 0 Å². The van der Waals surface area contributed by atoms with Crippen LogP contribution in [0.1, 0.15) is 35.9 Å². The summed E-state index contributed by atoms with van der Waals surface area (Å²) in [6.07, 6.45) is 1.20. The van der Waals surface area contributed by atoms with E-state index in [1.54, 1.807) is 14.2 Å². The van der Waals surface area contributed by atoms with Crippen molar-refractivity contribution < 1.29 is 14.3 Å². The molecule has 3 aromatic carbocycles. The summed E-state index contributed by atoms with van der Waals surface area (Å²) in [7, 11) is 3.32. The van der Waals surface area contributed by atoms with E-state index in [2.05, 4.69) is 38.7 Å². The number of hydrogen-bond acceptors (Lipinski definition) is 5. The predicted molar refractivity (Wildman–Crippen MR) is 134 cm³/mol. The zero-order chi connectivity index (χ0) is 22.9. The molecule has 0 fully saturated rings. The van der Waals surface area contributed by atoms with Crippen molar-refractivity contribution in [3.63, 3.8) is 0 Å². The molecule has 2 atom stereocenters. The molecule has 0 spiro atoms. The molecule has 0 aromatic heterocycles. The van der Waals surface area contributed by atoms with Gasteiger partial charge < -0.3 is 20.1 Å². The number of hydrogen-bond donors (Lipinski definition) is 2. The fraction of sp³-hybridized carbons (Fsp3) is 0.222. The summed E-state index contributed by atoms with van der Waals surface area (Å²) in [6, 6.07) is 21.7. The number of anilines is 2. The van der Waals surface area contributed by atoms with Crippen LogP contribution in [0, 0.1) is 0 Å². The van der Waals surface area contributed by atoms with Gasteiger partial charge in [-0.2, -0.15) is 0 Å². The van der Waals surface area contributed by atoms with E-state index in [1.165, 1.54) is 0 Å². The SMILES string of the molecule is COc1ccc([C@H]2CC(=O)C3=C(C2)Nc2ccccc2N[C@@H]3c2cc(Br)ccc2OC)cc1. The molecule has 3 aromatic rings. The van der Waals surface area contributed by atoms with Crippen LogP contribution in [-0.2, 0) is 4.79 Å². The fourth-order valence-corrected chi connectivity index (χ4v) is 5.15. The number of fused-ring (bicyclic) bond motifs is 1. The summed E-state index contributed by atoms with van der Waals surface area (Å²) in [6.45, 7) is 0. The number of rotatable bonds is 4. The predicted octanol–water partition coefficient (Wildman–Crippen LogP) is 6.45. The maximum Gasteiger partial charge on any atom is 0.163 e. The average Bonchev–Trinajstić information content (AvgIpc) is 3.01. The molecule has 0 unspecified atom stereocenters. The second-order valence-electron chi connectivity index (χ2n) is 8.33. The Morgan fingerprint density at radius 3 is 2.39 bits per heavy atom. The van der Waals surface area contributed by atoms with Gasteiger partial charge in [-0.1, -0.05) is 40.2 Å². The van der Waals surface area contributed by atoms with E-state index in [1.807, 2.05) is 54.6 Å². The molecule has 168 valence electrons. The minimum Gasteiger partial charge on any atom is -0.497 e. The van der Waals surface area contributed by atoms with Crippen LogP contribution < -0.4 is 20.1 Å². The minimum absolute atomic E-state index is 0.102. The van der Waals surface area contributed by atoms with Gasteiger partial charge in [-0.25, -0.2) is 0 Å². The summed E-state index contributed by atoms with van der Waals surface area (Å²) >= 11 is 3.59. The monoisotopic (exact) mass is 504 g/mol. The van der Waals surface area contributed by atoms with Crippen LogP contribution in [0.2, 0.25) is 0 Å². The quantitative estimate of drug-likeness (QED) is 0.427. The average molecular weight is 505 g/mol. The van der Waals surface area contributed by atoms with Crippen molar-refractivity contribution in [1.82, 2.24) is 0 Å². The van der Waals surface area contributed by atoms with Crippen molar-refractivity contribution in [3.8, 4) is 11.5 Å². The van der Waals surface area contributed by atoms with Gasteiger partial charge in [-0.3, -0.25) is 4.79 Å². The van der Waals surface area contributed by atoms with Crippen molar-refractivity contribution in [1.29, 1.82) is 0 Å². The number of allylic oxidation sites excluding steroid dienone is 1. The third-order valence-electron chi connectivity index (χ3n) is 6.40. The molecule has 0 saturated heterocycles. The summed E-state index contributed by atoms with van der Waals surface area (Å²) in [5.41, 5.74) is 5.70. The van der Waals surface area contributed by atoms with Gasteiger partial charge >= 0.3 is 0 Å². The zero-order valence-electron chi connectivity index (χ0n) is 18.5. The molecule has 0 amide bonds. The molecule has 2 N–H and O–H groups in total. The summed E-state index contributed by atoms with van der Waals surface area (Å²) in [5.74, 6) is 1.79. The molecule has 0 radical (unpaired) electrons. The maximum absolute atomic E-state index is 13.7.